The molecule has 5 heteroatoms. The van der Waals surface area contributed by atoms with Crippen LogP contribution in [-0.4, -0.2) is 19.9 Å². The Balaban J connectivity index is 2.24. The lowest BCUT2D eigenvalue weighted by Crippen LogP contribution is -1.79. The first kappa shape index (κ1) is 8.55. The maximum atomic E-state index is 4.42. The molecular weight excluding hydrogens is 208 g/mol. The molecule has 0 aliphatic rings. The van der Waals surface area contributed by atoms with Crippen molar-refractivity contribution in [1.29, 1.82) is 0 Å². The van der Waals surface area contributed by atoms with Gasteiger partial charge < -0.3 is 4.98 Å². The van der Waals surface area contributed by atoms with Gasteiger partial charge in [-0.3, -0.25) is 0 Å². The fourth-order valence-corrected chi connectivity index (χ4v) is 2.23. The lowest BCUT2D eigenvalue weighted by Gasteiger charge is -1.89. The highest BCUT2D eigenvalue weighted by atomic mass is 32.1. The van der Waals surface area contributed by atoms with E-state index < -0.39 is 0 Å². The van der Waals surface area contributed by atoms with Crippen molar-refractivity contribution in [3.8, 4) is 10.7 Å². The van der Waals surface area contributed by atoms with Gasteiger partial charge in [-0.15, -0.1) is 11.3 Å². The van der Waals surface area contributed by atoms with Crippen molar-refractivity contribution in [2.45, 2.75) is 6.92 Å². The van der Waals surface area contributed by atoms with E-state index in [9.17, 15) is 0 Å². The summed E-state index contributed by atoms with van der Waals surface area (Å²) in [6.07, 6.45) is 1.74. The van der Waals surface area contributed by atoms with Crippen LogP contribution in [0.25, 0.3) is 21.9 Å². The van der Waals surface area contributed by atoms with Crippen LogP contribution in [0.5, 0.6) is 0 Å². The first-order chi connectivity index (χ1) is 7.34. The molecule has 0 saturated carbocycles. The summed E-state index contributed by atoms with van der Waals surface area (Å²) in [7, 11) is 0. The zero-order chi connectivity index (χ0) is 10.3. The summed E-state index contributed by atoms with van der Waals surface area (Å²) in [6.45, 7) is 1.98. The second-order valence-electron chi connectivity index (χ2n) is 3.23. The quantitative estimate of drug-likeness (QED) is 0.679. The Kier molecular flexibility index (Phi) is 1.78. The van der Waals surface area contributed by atoms with Crippen LogP contribution in [0.2, 0.25) is 0 Å². The van der Waals surface area contributed by atoms with Crippen LogP contribution in [0, 0.1) is 6.92 Å². The van der Waals surface area contributed by atoms with E-state index in [1.54, 1.807) is 17.5 Å². The number of aromatic nitrogens is 4. The van der Waals surface area contributed by atoms with Crippen LogP contribution < -0.4 is 0 Å². The average Bonchev–Trinajstić information content (AvgIpc) is 2.82. The van der Waals surface area contributed by atoms with Gasteiger partial charge in [0.2, 0.25) is 0 Å². The van der Waals surface area contributed by atoms with Gasteiger partial charge in [-0.2, -0.15) is 0 Å². The van der Waals surface area contributed by atoms with Crippen molar-refractivity contribution in [3.05, 3.63) is 29.5 Å². The highest BCUT2D eigenvalue weighted by molar-refractivity contribution is 7.13. The molecule has 0 aromatic carbocycles. The van der Waals surface area contributed by atoms with Crippen LogP contribution in [0.15, 0.2) is 23.8 Å². The molecule has 0 unspecified atom stereocenters. The van der Waals surface area contributed by atoms with Gasteiger partial charge in [-0.05, 0) is 19.1 Å². The summed E-state index contributed by atoms with van der Waals surface area (Å²) < 4.78 is 0. The highest BCUT2D eigenvalue weighted by Gasteiger charge is 2.09. The summed E-state index contributed by atoms with van der Waals surface area (Å²) >= 11 is 1.59. The van der Waals surface area contributed by atoms with Crippen LogP contribution >= 0.6 is 11.3 Å². The summed E-state index contributed by atoms with van der Waals surface area (Å²) in [5.74, 6) is 0.851. The number of H-pyrrole nitrogens is 1. The standard InChI is InChI=1S/C10H8N4S/c1-6-8(15-5-12-6)10-13-7-3-2-4-11-9(7)14-10/h2-5H,1H3,(H,11,13,14). The van der Waals surface area contributed by atoms with Gasteiger partial charge in [-0.25, -0.2) is 15.0 Å². The van der Waals surface area contributed by atoms with Crippen LogP contribution in [0.3, 0.4) is 0 Å². The van der Waals surface area contributed by atoms with E-state index in [0.29, 0.717) is 0 Å². The lowest BCUT2D eigenvalue weighted by atomic mass is 10.4. The first-order valence-corrected chi connectivity index (χ1v) is 5.44. The molecule has 3 aromatic heterocycles. The fourth-order valence-electron chi connectivity index (χ4n) is 1.48. The molecule has 3 rings (SSSR count). The molecule has 0 aliphatic heterocycles. The van der Waals surface area contributed by atoms with Crippen molar-refractivity contribution in [3.63, 3.8) is 0 Å². The molecular formula is C10H8N4S. The molecule has 15 heavy (non-hydrogen) atoms. The van der Waals surface area contributed by atoms with Crippen molar-refractivity contribution >= 4 is 22.5 Å². The minimum absolute atomic E-state index is 0.750. The number of fused-ring (bicyclic) bond motifs is 1. The maximum Gasteiger partial charge on any atom is 0.178 e. The minimum Gasteiger partial charge on any atom is -0.336 e. The number of hydrogen-bond acceptors (Lipinski definition) is 4. The fraction of sp³-hybridized carbons (Fsp3) is 0.100. The molecule has 74 valence electrons. The van der Waals surface area contributed by atoms with Gasteiger partial charge in [-0.1, -0.05) is 0 Å². The Bertz CT molecular complexity index is 577. The first-order valence-electron chi connectivity index (χ1n) is 4.56. The third kappa shape index (κ3) is 1.32. The molecule has 0 bridgehead atoms. The van der Waals surface area contributed by atoms with E-state index >= 15 is 0 Å². The van der Waals surface area contributed by atoms with Gasteiger partial charge in [0.15, 0.2) is 11.5 Å². The second kappa shape index (κ2) is 3.13. The van der Waals surface area contributed by atoms with E-state index in [4.69, 9.17) is 0 Å². The van der Waals surface area contributed by atoms with Crippen molar-refractivity contribution in [1.82, 2.24) is 19.9 Å². The summed E-state index contributed by atoms with van der Waals surface area (Å²) in [5.41, 5.74) is 4.53. The molecule has 0 atom stereocenters. The van der Waals surface area contributed by atoms with E-state index in [1.807, 2.05) is 24.6 Å². The number of nitrogens with zero attached hydrogens (tertiary/aromatic N) is 3. The Hall–Kier alpha value is -1.75. The Morgan fingerprint density at radius 3 is 3.00 bits per heavy atom. The molecule has 0 amide bonds. The molecule has 0 saturated heterocycles. The van der Waals surface area contributed by atoms with Crippen molar-refractivity contribution in [2.24, 2.45) is 0 Å². The largest absolute Gasteiger partial charge is 0.336 e. The lowest BCUT2D eigenvalue weighted by molar-refractivity contribution is 1.24. The van der Waals surface area contributed by atoms with Gasteiger partial charge in [0.05, 0.1) is 21.6 Å². The minimum atomic E-state index is 0.750. The number of imidazole rings is 1. The molecule has 0 radical (unpaired) electrons. The zero-order valence-electron chi connectivity index (χ0n) is 8.06. The summed E-state index contributed by atoms with van der Waals surface area (Å²) in [5, 5.41) is 0. The third-order valence-electron chi connectivity index (χ3n) is 2.22. The number of aromatic amines is 1. The Morgan fingerprint density at radius 1 is 1.33 bits per heavy atom. The molecule has 3 aromatic rings. The summed E-state index contributed by atoms with van der Waals surface area (Å²) in [4.78, 5) is 17.1. The molecule has 1 N–H and O–H groups in total. The highest BCUT2D eigenvalue weighted by Crippen LogP contribution is 2.25. The van der Waals surface area contributed by atoms with Crippen LogP contribution in [-0.2, 0) is 0 Å². The maximum absolute atomic E-state index is 4.42. The third-order valence-corrected chi connectivity index (χ3v) is 3.15. The van der Waals surface area contributed by atoms with Crippen LogP contribution in [0.1, 0.15) is 5.69 Å². The number of aryl methyl sites for hydroxylation is 1. The van der Waals surface area contributed by atoms with Crippen LogP contribution in [0.4, 0.5) is 0 Å². The molecule has 0 aliphatic carbocycles. The smallest absolute Gasteiger partial charge is 0.178 e. The topological polar surface area (TPSA) is 54.5 Å². The van der Waals surface area contributed by atoms with Gasteiger partial charge in [0.1, 0.15) is 0 Å². The average molecular weight is 216 g/mol. The number of nitrogens with one attached hydrogen (secondary N) is 1. The van der Waals surface area contributed by atoms with Crippen molar-refractivity contribution < 1.29 is 0 Å². The number of pyridine rings is 1. The number of hydrogen-bond donors (Lipinski definition) is 1. The van der Waals surface area contributed by atoms with E-state index in [1.165, 1.54) is 0 Å². The normalized spacial score (nSPS) is 11.0. The van der Waals surface area contributed by atoms with Gasteiger partial charge in [0.25, 0.3) is 0 Å². The van der Waals surface area contributed by atoms with E-state index in [-0.39, 0.29) is 0 Å². The van der Waals surface area contributed by atoms with Crippen molar-refractivity contribution in [2.75, 3.05) is 0 Å². The zero-order valence-corrected chi connectivity index (χ0v) is 8.88. The SMILES string of the molecule is Cc1ncsc1-c1nc2ncccc2[nH]1. The number of thiazole rings is 1. The number of rotatable bonds is 1. The molecule has 0 spiro atoms. The summed E-state index contributed by atoms with van der Waals surface area (Å²) in [6, 6.07) is 3.86. The Morgan fingerprint density at radius 2 is 2.27 bits per heavy atom. The van der Waals surface area contributed by atoms with E-state index in [2.05, 4.69) is 19.9 Å². The molecule has 3 heterocycles. The van der Waals surface area contributed by atoms with Gasteiger partial charge >= 0.3 is 0 Å². The van der Waals surface area contributed by atoms with E-state index in [0.717, 1.165) is 27.6 Å². The van der Waals surface area contributed by atoms with Gasteiger partial charge in [0, 0.05) is 6.20 Å². The molecule has 4 nitrogen and oxygen atoms in total. The second-order valence-corrected chi connectivity index (χ2v) is 4.08. The predicted molar refractivity (Wildman–Crippen MR) is 59.7 cm³/mol. The predicted octanol–water partition coefficient (Wildman–Crippen LogP) is 2.39. The monoisotopic (exact) mass is 216 g/mol. The molecule has 0 fully saturated rings. The Labute approximate surface area is 90.0 Å².